The average molecular weight is 341 g/mol. The van der Waals surface area contributed by atoms with Crippen molar-refractivity contribution in [1.29, 1.82) is 0 Å². The van der Waals surface area contributed by atoms with E-state index in [0.29, 0.717) is 17.3 Å². The first kappa shape index (κ1) is 14.5. The molecule has 2 aromatic rings. The van der Waals surface area contributed by atoms with Crippen molar-refractivity contribution in [2.24, 2.45) is 0 Å². The first-order chi connectivity index (χ1) is 9.56. The molecule has 0 unspecified atom stereocenters. The molecule has 0 aliphatic rings. The van der Waals surface area contributed by atoms with Crippen LogP contribution in [0.5, 0.6) is 5.75 Å². The third kappa shape index (κ3) is 3.80. The van der Waals surface area contributed by atoms with Gasteiger partial charge in [-0.3, -0.25) is 4.98 Å². The molecule has 6 nitrogen and oxygen atoms in total. The molecule has 106 valence electrons. The number of esters is 1. The van der Waals surface area contributed by atoms with Gasteiger partial charge >= 0.3 is 5.97 Å². The van der Waals surface area contributed by atoms with Crippen molar-refractivity contribution < 1.29 is 18.7 Å². The molecule has 2 heterocycles. The Balaban J connectivity index is 1.79. The average Bonchev–Trinajstić information content (AvgIpc) is 2.74. The van der Waals surface area contributed by atoms with Crippen LogP contribution in [-0.2, 0) is 4.74 Å². The van der Waals surface area contributed by atoms with Crippen molar-refractivity contribution >= 4 is 21.9 Å². The Morgan fingerprint density at radius 2 is 2.15 bits per heavy atom. The lowest BCUT2D eigenvalue weighted by Crippen LogP contribution is -2.12. The summed E-state index contributed by atoms with van der Waals surface area (Å²) in [5, 5.41) is 0. The smallest absolute Gasteiger partial charge is 0.376 e. The molecule has 0 aliphatic carbocycles. The van der Waals surface area contributed by atoms with Crippen molar-refractivity contribution in [1.82, 2.24) is 9.97 Å². The number of halogens is 1. The summed E-state index contributed by atoms with van der Waals surface area (Å²) in [4.78, 5) is 19.7. The molecule has 0 aromatic carbocycles. The molecule has 0 N–H and O–H groups in total. The number of hydrogen-bond donors (Lipinski definition) is 0. The number of aromatic nitrogens is 2. The van der Waals surface area contributed by atoms with Gasteiger partial charge in [0.25, 0.3) is 0 Å². The lowest BCUT2D eigenvalue weighted by atomic mass is 10.4. The minimum atomic E-state index is -0.543. The maximum absolute atomic E-state index is 11.7. The Morgan fingerprint density at radius 1 is 1.35 bits per heavy atom. The second kappa shape index (κ2) is 6.51. The summed E-state index contributed by atoms with van der Waals surface area (Å²) in [6, 6.07) is 1.78. The summed E-state index contributed by atoms with van der Waals surface area (Å²) in [7, 11) is 0. The molecule has 0 saturated heterocycles. The lowest BCUT2D eigenvalue weighted by Gasteiger charge is -2.06. The summed E-state index contributed by atoms with van der Waals surface area (Å²) < 4.78 is 16.4. The highest BCUT2D eigenvalue weighted by Gasteiger charge is 2.17. The van der Waals surface area contributed by atoms with Crippen LogP contribution in [0.25, 0.3) is 0 Å². The van der Waals surface area contributed by atoms with Gasteiger partial charge in [0.2, 0.25) is 5.76 Å². The second-order valence-corrected chi connectivity index (χ2v) is 4.89. The fourth-order valence-electron chi connectivity index (χ4n) is 1.55. The highest BCUT2D eigenvalue weighted by atomic mass is 79.9. The monoisotopic (exact) mass is 340 g/mol. The van der Waals surface area contributed by atoms with Crippen molar-refractivity contribution in [3.05, 3.63) is 40.3 Å². The molecule has 0 spiro atoms. The van der Waals surface area contributed by atoms with E-state index in [1.807, 2.05) is 0 Å². The van der Waals surface area contributed by atoms with E-state index in [1.165, 1.54) is 0 Å². The van der Waals surface area contributed by atoms with Crippen LogP contribution in [0.15, 0.2) is 27.3 Å². The van der Waals surface area contributed by atoms with Gasteiger partial charge in [-0.05, 0) is 28.9 Å². The van der Waals surface area contributed by atoms with E-state index >= 15 is 0 Å². The fourth-order valence-corrected chi connectivity index (χ4v) is 1.90. The molecule has 0 aliphatic heterocycles. The Labute approximate surface area is 124 Å². The third-order valence-electron chi connectivity index (χ3n) is 2.35. The number of nitrogens with zero attached hydrogens (tertiary/aromatic N) is 2. The van der Waals surface area contributed by atoms with E-state index in [2.05, 4.69) is 25.9 Å². The first-order valence-corrected chi connectivity index (χ1v) is 6.70. The Kier molecular flexibility index (Phi) is 4.73. The number of pyridine rings is 1. The molecule has 0 amide bonds. The maximum Gasteiger partial charge on any atom is 0.376 e. The van der Waals surface area contributed by atoms with Gasteiger partial charge in [0, 0.05) is 17.6 Å². The number of oxazole rings is 1. The van der Waals surface area contributed by atoms with E-state index in [1.54, 1.807) is 32.3 Å². The number of carbonyl (C=O) groups excluding carboxylic acids is 1. The standard InChI is InChI=1S/C13H13BrN2O4/c1-8-12(20-9(2)16-8)13(17)19-4-3-18-11-5-10(14)6-15-7-11/h5-7H,3-4H2,1-2H3. The number of hydrogen-bond acceptors (Lipinski definition) is 6. The van der Waals surface area contributed by atoms with E-state index < -0.39 is 5.97 Å². The molecule has 20 heavy (non-hydrogen) atoms. The molecule has 7 heteroatoms. The van der Waals surface area contributed by atoms with Gasteiger partial charge in [0.15, 0.2) is 5.89 Å². The van der Waals surface area contributed by atoms with Gasteiger partial charge in [-0.2, -0.15) is 0 Å². The fraction of sp³-hybridized carbons (Fsp3) is 0.308. The van der Waals surface area contributed by atoms with Gasteiger partial charge in [0.05, 0.1) is 11.9 Å². The van der Waals surface area contributed by atoms with Crippen LogP contribution < -0.4 is 4.74 Å². The number of aryl methyl sites for hydroxylation is 2. The molecule has 2 rings (SSSR count). The van der Waals surface area contributed by atoms with Crippen LogP contribution in [0.4, 0.5) is 0 Å². The van der Waals surface area contributed by atoms with E-state index in [4.69, 9.17) is 13.9 Å². The number of ether oxygens (including phenoxy) is 2. The van der Waals surface area contributed by atoms with Crippen molar-refractivity contribution in [3.63, 3.8) is 0 Å². The van der Waals surface area contributed by atoms with Crippen molar-refractivity contribution in [2.75, 3.05) is 13.2 Å². The van der Waals surface area contributed by atoms with Crippen molar-refractivity contribution in [3.8, 4) is 5.75 Å². The van der Waals surface area contributed by atoms with Gasteiger partial charge < -0.3 is 13.9 Å². The summed E-state index contributed by atoms with van der Waals surface area (Å²) in [6.07, 6.45) is 3.23. The van der Waals surface area contributed by atoms with Gasteiger partial charge in [-0.1, -0.05) is 0 Å². The Morgan fingerprint density at radius 3 is 2.80 bits per heavy atom. The normalized spacial score (nSPS) is 10.3. The Hall–Kier alpha value is -1.89. The first-order valence-electron chi connectivity index (χ1n) is 5.91. The summed E-state index contributed by atoms with van der Waals surface area (Å²) in [6.45, 7) is 3.71. The largest absolute Gasteiger partial charge is 0.488 e. The number of rotatable bonds is 5. The molecule has 0 atom stereocenters. The van der Waals surface area contributed by atoms with Gasteiger partial charge in [-0.15, -0.1) is 0 Å². The summed E-state index contributed by atoms with van der Waals surface area (Å²) >= 11 is 3.29. The molecule has 0 bridgehead atoms. The van der Waals surface area contributed by atoms with Crippen LogP contribution in [0, 0.1) is 13.8 Å². The lowest BCUT2D eigenvalue weighted by molar-refractivity contribution is 0.0412. The zero-order valence-corrected chi connectivity index (χ0v) is 12.6. The maximum atomic E-state index is 11.7. The summed E-state index contributed by atoms with van der Waals surface area (Å²) in [5.74, 6) is 0.624. The molecular weight excluding hydrogens is 328 g/mol. The third-order valence-corrected chi connectivity index (χ3v) is 2.79. The van der Waals surface area contributed by atoms with Crippen LogP contribution in [0.3, 0.4) is 0 Å². The molecule has 0 saturated carbocycles. The molecule has 0 fully saturated rings. The topological polar surface area (TPSA) is 74.5 Å². The highest BCUT2D eigenvalue weighted by Crippen LogP contribution is 2.15. The minimum absolute atomic E-state index is 0.116. The highest BCUT2D eigenvalue weighted by molar-refractivity contribution is 9.10. The van der Waals surface area contributed by atoms with Gasteiger partial charge in [0.1, 0.15) is 19.0 Å². The van der Waals surface area contributed by atoms with Crippen molar-refractivity contribution in [2.45, 2.75) is 13.8 Å². The van der Waals surface area contributed by atoms with Crippen LogP contribution in [0.2, 0.25) is 0 Å². The number of carbonyl (C=O) groups is 1. The quantitative estimate of drug-likeness (QED) is 0.615. The zero-order valence-electron chi connectivity index (χ0n) is 11.1. The second-order valence-electron chi connectivity index (χ2n) is 3.97. The van der Waals surface area contributed by atoms with Gasteiger partial charge in [-0.25, -0.2) is 9.78 Å². The summed E-state index contributed by atoms with van der Waals surface area (Å²) in [5.41, 5.74) is 0.518. The van der Waals surface area contributed by atoms with E-state index in [9.17, 15) is 4.79 Å². The Bertz CT molecular complexity index is 612. The van der Waals surface area contributed by atoms with E-state index in [0.717, 1.165) is 4.47 Å². The molecular formula is C13H13BrN2O4. The van der Waals surface area contributed by atoms with E-state index in [-0.39, 0.29) is 19.0 Å². The predicted molar refractivity (Wildman–Crippen MR) is 73.7 cm³/mol. The minimum Gasteiger partial charge on any atom is -0.488 e. The zero-order chi connectivity index (χ0) is 14.5. The molecule has 0 radical (unpaired) electrons. The van der Waals surface area contributed by atoms with Crippen LogP contribution in [-0.4, -0.2) is 29.2 Å². The van der Waals surface area contributed by atoms with Crippen LogP contribution >= 0.6 is 15.9 Å². The van der Waals surface area contributed by atoms with Crippen LogP contribution in [0.1, 0.15) is 22.1 Å². The molecule has 2 aromatic heterocycles. The predicted octanol–water partition coefficient (Wildman–Crippen LogP) is 2.68. The SMILES string of the molecule is Cc1nc(C)c(C(=O)OCCOc2cncc(Br)c2)o1.